The molecule has 8 heteroatoms. The summed E-state index contributed by atoms with van der Waals surface area (Å²) in [6, 6.07) is 13.3. The highest BCUT2D eigenvalue weighted by molar-refractivity contribution is 8.01. The molecular formula is C18H14Cl2N2O3S. The number of thioether (sulfide) groups is 1. The van der Waals surface area contributed by atoms with Gasteiger partial charge < -0.3 is 5.32 Å². The van der Waals surface area contributed by atoms with Gasteiger partial charge in [0.1, 0.15) is 0 Å². The zero-order chi connectivity index (χ0) is 18.7. The van der Waals surface area contributed by atoms with Crippen LogP contribution in [0.4, 0.5) is 11.4 Å². The molecule has 1 aliphatic rings. The predicted molar refractivity (Wildman–Crippen MR) is 105 cm³/mol. The fourth-order valence-corrected chi connectivity index (χ4v) is 3.78. The number of hydrogen-bond acceptors (Lipinski definition) is 4. The number of nitrogens with zero attached hydrogens (tertiary/aromatic N) is 1. The summed E-state index contributed by atoms with van der Waals surface area (Å²) in [4.78, 5) is 37.9. The summed E-state index contributed by atoms with van der Waals surface area (Å²) < 4.78 is 0. The minimum Gasteiger partial charge on any atom is -0.325 e. The van der Waals surface area contributed by atoms with Gasteiger partial charge in [0.2, 0.25) is 17.7 Å². The highest BCUT2D eigenvalue weighted by Gasteiger charge is 2.40. The molecule has 1 unspecified atom stereocenters. The molecule has 1 saturated heterocycles. The molecule has 134 valence electrons. The van der Waals surface area contributed by atoms with Crippen LogP contribution in [0.2, 0.25) is 10.0 Å². The standard InChI is InChI=1S/C18H14Cl2N2O3S/c19-11-4-6-14(7-5-11)22-17(24)9-15(18(22)25)26-10-16(23)21-13-3-1-2-12(20)8-13/h1-8,15H,9-10H2,(H,21,23). The maximum atomic E-state index is 12.5. The molecule has 0 bridgehead atoms. The summed E-state index contributed by atoms with van der Waals surface area (Å²) in [5, 5.41) is 3.18. The number of amides is 3. The van der Waals surface area contributed by atoms with Gasteiger partial charge in [-0.25, -0.2) is 4.90 Å². The van der Waals surface area contributed by atoms with E-state index < -0.39 is 5.25 Å². The highest BCUT2D eigenvalue weighted by atomic mass is 35.5. The molecular weight excluding hydrogens is 395 g/mol. The second-order valence-electron chi connectivity index (χ2n) is 5.61. The maximum absolute atomic E-state index is 12.5. The van der Waals surface area contributed by atoms with E-state index in [0.29, 0.717) is 21.4 Å². The minimum absolute atomic E-state index is 0.0602. The van der Waals surface area contributed by atoms with Crippen molar-refractivity contribution in [3.63, 3.8) is 0 Å². The number of benzene rings is 2. The summed E-state index contributed by atoms with van der Waals surface area (Å²) >= 11 is 12.9. The van der Waals surface area contributed by atoms with E-state index in [-0.39, 0.29) is 29.9 Å². The molecule has 0 saturated carbocycles. The lowest BCUT2D eigenvalue weighted by Crippen LogP contribution is -2.31. The van der Waals surface area contributed by atoms with Crippen LogP contribution in [0.15, 0.2) is 48.5 Å². The summed E-state index contributed by atoms with van der Waals surface area (Å²) in [7, 11) is 0. The number of hydrogen-bond donors (Lipinski definition) is 1. The van der Waals surface area contributed by atoms with Gasteiger partial charge in [-0.3, -0.25) is 14.4 Å². The summed E-state index contributed by atoms with van der Waals surface area (Å²) in [6.07, 6.45) is 0.0660. The molecule has 1 fully saturated rings. The maximum Gasteiger partial charge on any atom is 0.247 e. The average Bonchev–Trinajstić information content (AvgIpc) is 2.88. The SMILES string of the molecule is O=C(CSC1CC(=O)N(c2ccc(Cl)cc2)C1=O)Nc1cccc(Cl)c1. The van der Waals surface area contributed by atoms with Crippen LogP contribution in [-0.2, 0) is 14.4 Å². The number of carbonyl (C=O) groups excluding carboxylic acids is 3. The van der Waals surface area contributed by atoms with Gasteiger partial charge in [-0.15, -0.1) is 11.8 Å². The zero-order valence-electron chi connectivity index (χ0n) is 13.4. The third-order valence-electron chi connectivity index (χ3n) is 3.71. The van der Waals surface area contributed by atoms with Crippen molar-refractivity contribution in [2.75, 3.05) is 16.0 Å². The topological polar surface area (TPSA) is 66.5 Å². The Balaban J connectivity index is 1.59. The summed E-state index contributed by atoms with van der Waals surface area (Å²) in [6.45, 7) is 0. The molecule has 2 aromatic rings. The van der Waals surface area contributed by atoms with Gasteiger partial charge in [-0.2, -0.15) is 0 Å². The van der Waals surface area contributed by atoms with Gasteiger partial charge in [-0.1, -0.05) is 29.3 Å². The Kier molecular flexibility index (Phi) is 5.86. The molecule has 3 rings (SSSR count). The van der Waals surface area contributed by atoms with Crippen LogP contribution in [0.3, 0.4) is 0 Å². The molecule has 3 amide bonds. The van der Waals surface area contributed by atoms with E-state index >= 15 is 0 Å². The van der Waals surface area contributed by atoms with Gasteiger partial charge >= 0.3 is 0 Å². The lowest BCUT2D eigenvalue weighted by Gasteiger charge is -2.15. The number of imide groups is 1. The van der Waals surface area contributed by atoms with E-state index in [4.69, 9.17) is 23.2 Å². The largest absolute Gasteiger partial charge is 0.325 e. The molecule has 2 aromatic carbocycles. The molecule has 0 aromatic heterocycles. The van der Waals surface area contributed by atoms with Gasteiger partial charge in [0.05, 0.1) is 16.7 Å². The number of rotatable bonds is 5. The fourth-order valence-electron chi connectivity index (χ4n) is 2.54. The van der Waals surface area contributed by atoms with Crippen LogP contribution in [0.25, 0.3) is 0 Å². The van der Waals surface area contributed by atoms with Crippen LogP contribution < -0.4 is 10.2 Å². The van der Waals surface area contributed by atoms with E-state index in [1.54, 1.807) is 48.5 Å². The average molecular weight is 409 g/mol. The number of carbonyl (C=O) groups is 3. The molecule has 5 nitrogen and oxygen atoms in total. The Bertz CT molecular complexity index is 858. The van der Waals surface area contributed by atoms with Crippen LogP contribution in [0.5, 0.6) is 0 Å². The van der Waals surface area contributed by atoms with Crippen LogP contribution in [-0.4, -0.2) is 28.7 Å². The van der Waals surface area contributed by atoms with Crippen molar-refractivity contribution >= 4 is 64.1 Å². The fraction of sp³-hybridized carbons (Fsp3) is 0.167. The van der Waals surface area contributed by atoms with E-state index in [1.165, 1.54) is 0 Å². The Morgan fingerprint density at radius 2 is 1.85 bits per heavy atom. The van der Waals surface area contributed by atoms with Gasteiger partial charge in [0.15, 0.2) is 0 Å². The third kappa shape index (κ3) is 4.38. The molecule has 1 aliphatic heterocycles. The van der Waals surface area contributed by atoms with E-state index in [0.717, 1.165) is 16.7 Å². The van der Waals surface area contributed by atoms with Crippen molar-refractivity contribution < 1.29 is 14.4 Å². The van der Waals surface area contributed by atoms with Crippen LogP contribution >= 0.6 is 35.0 Å². The molecule has 1 atom stereocenters. The van der Waals surface area contributed by atoms with Crippen molar-refractivity contribution in [3.8, 4) is 0 Å². The molecule has 0 radical (unpaired) electrons. The highest BCUT2D eigenvalue weighted by Crippen LogP contribution is 2.30. The van der Waals surface area contributed by atoms with Gasteiger partial charge in [-0.05, 0) is 42.5 Å². The number of halogens is 2. The first-order chi connectivity index (χ1) is 12.4. The molecule has 1 N–H and O–H groups in total. The second kappa shape index (κ2) is 8.12. The Labute approximate surface area is 164 Å². The first-order valence-electron chi connectivity index (χ1n) is 7.73. The van der Waals surface area contributed by atoms with Gasteiger partial charge in [0, 0.05) is 22.2 Å². The minimum atomic E-state index is -0.580. The quantitative estimate of drug-likeness (QED) is 0.759. The Morgan fingerprint density at radius 1 is 1.12 bits per heavy atom. The monoisotopic (exact) mass is 408 g/mol. The molecule has 0 aliphatic carbocycles. The number of nitrogens with one attached hydrogen (secondary N) is 1. The second-order valence-corrected chi connectivity index (χ2v) is 7.67. The lowest BCUT2D eigenvalue weighted by molar-refractivity contribution is -0.121. The van der Waals surface area contributed by atoms with E-state index in [9.17, 15) is 14.4 Å². The first-order valence-corrected chi connectivity index (χ1v) is 9.54. The van der Waals surface area contributed by atoms with Crippen molar-refractivity contribution in [1.82, 2.24) is 0 Å². The molecule has 1 heterocycles. The predicted octanol–water partition coefficient (Wildman–Crippen LogP) is 4.00. The Morgan fingerprint density at radius 3 is 2.54 bits per heavy atom. The van der Waals surface area contributed by atoms with Gasteiger partial charge in [0.25, 0.3) is 0 Å². The third-order valence-corrected chi connectivity index (χ3v) is 5.40. The van der Waals surface area contributed by atoms with Crippen molar-refractivity contribution in [3.05, 3.63) is 58.6 Å². The molecule has 0 spiro atoms. The zero-order valence-corrected chi connectivity index (χ0v) is 15.8. The van der Waals surface area contributed by atoms with Crippen molar-refractivity contribution in [2.24, 2.45) is 0 Å². The summed E-state index contributed by atoms with van der Waals surface area (Å²) in [5.41, 5.74) is 1.07. The van der Waals surface area contributed by atoms with Crippen LogP contribution in [0.1, 0.15) is 6.42 Å². The van der Waals surface area contributed by atoms with Crippen LogP contribution in [0, 0.1) is 0 Å². The van der Waals surface area contributed by atoms with Crippen molar-refractivity contribution in [1.29, 1.82) is 0 Å². The first kappa shape index (κ1) is 18.8. The van der Waals surface area contributed by atoms with E-state index in [2.05, 4.69) is 5.32 Å². The molecule has 26 heavy (non-hydrogen) atoms. The summed E-state index contributed by atoms with van der Waals surface area (Å²) in [5.74, 6) is -0.810. The van der Waals surface area contributed by atoms with Crippen molar-refractivity contribution in [2.45, 2.75) is 11.7 Å². The smallest absolute Gasteiger partial charge is 0.247 e. The Hall–Kier alpha value is -2.02. The normalized spacial score (nSPS) is 16.8. The van der Waals surface area contributed by atoms with E-state index in [1.807, 2.05) is 0 Å². The number of anilines is 2. The lowest BCUT2D eigenvalue weighted by atomic mass is 10.3.